The minimum atomic E-state index is -0.188. The molecular formula is C25H34N4O3. The molecule has 7 nitrogen and oxygen atoms in total. The Labute approximate surface area is 190 Å². The summed E-state index contributed by atoms with van der Waals surface area (Å²) in [5.74, 6) is 2.12. The number of hydrogen-bond acceptors (Lipinski definition) is 5. The Bertz CT molecular complexity index is 975. The van der Waals surface area contributed by atoms with E-state index in [1.165, 1.54) is 5.56 Å². The van der Waals surface area contributed by atoms with Gasteiger partial charge in [-0.2, -0.15) is 0 Å². The van der Waals surface area contributed by atoms with Crippen LogP contribution in [0.5, 0.6) is 11.5 Å². The van der Waals surface area contributed by atoms with Crippen molar-refractivity contribution in [3.63, 3.8) is 0 Å². The molecule has 1 aromatic heterocycles. The first-order valence-electron chi connectivity index (χ1n) is 11.3. The fraction of sp³-hybridized carbons (Fsp3) is 0.520. The van der Waals surface area contributed by atoms with E-state index in [4.69, 9.17) is 9.47 Å². The third-order valence-electron chi connectivity index (χ3n) is 7.16. The van der Waals surface area contributed by atoms with Crippen molar-refractivity contribution >= 4 is 11.8 Å². The molecule has 0 spiro atoms. The number of fused-ring (bicyclic) bond motifs is 1. The molecule has 2 N–H and O–H groups in total. The van der Waals surface area contributed by atoms with Gasteiger partial charge in [0.15, 0.2) is 11.5 Å². The second kappa shape index (κ2) is 8.98. The van der Waals surface area contributed by atoms with Crippen LogP contribution in [0.1, 0.15) is 42.5 Å². The van der Waals surface area contributed by atoms with Crippen LogP contribution in [0.4, 0.5) is 10.6 Å². The Morgan fingerprint density at radius 1 is 1.12 bits per heavy atom. The molecule has 0 radical (unpaired) electrons. The van der Waals surface area contributed by atoms with Gasteiger partial charge in [0.05, 0.1) is 14.2 Å². The van der Waals surface area contributed by atoms with Gasteiger partial charge in [-0.25, -0.2) is 9.78 Å². The van der Waals surface area contributed by atoms with Gasteiger partial charge in [0.25, 0.3) is 0 Å². The molecule has 2 amide bonds. The number of hydrogen-bond donors (Lipinski definition) is 2. The summed E-state index contributed by atoms with van der Waals surface area (Å²) in [5, 5.41) is 6.09. The largest absolute Gasteiger partial charge is 0.493 e. The minimum absolute atomic E-state index is 0.0676. The lowest BCUT2D eigenvalue weighted by molar-refractivity contribution is 0.156. The number of ether oxygens (including phenoxy) is 2. The molecule has 2 aromatic rings. The highest BCUT2D eigenvalue weighted by Crippen LogP contribution is 2.49. The molecule has 32 heavy (non-hydrogen) atoms. The van der Waals surface area contributed by atoms with Crippen LogP contribution in [0.2, 0.25) is 0 Å². The molecule has 1 aliphatic heterocycles. The summed E-state index contributed by atoms with van der Waals surface area (Å²) in [6.07, 6.45) is 3.98. The Morgan fingerprint density at radius 2 is 1.91 bits per heavy atom. The summed E-state index contributed by atoms with van der Waals surface area (Å²) in [4.78, 5) is 19.5. The van der Waals surface area contributed by atoms with Crippen molar-refractivity contribution in [1.82, 2.24) is 15.2 Å². The zero-order chi connectivity index (χ0) is 22.9. The number of aromatic nitrogens is 1. The first kappa shape index (κ1) is 22.4. The number of rotatable bonds is 5. The molecular weight excluding hydrogens is 404 g/mol. The Morgan fingerprint density at radius 3 is 2.62 bits per heavy atom. The summed E-state index contributed by atoms with van der Waals surface area (Å²) >= 11 is 0. The SMILES string of the molecule is COc1ccc([C@@]23CC[C@H](NC(=O)Nc4cc(C)cc(C)n4)C[C@H]2N(C)CC3)cc1OC. The zero-order valence-electron chi connectivity index (χ0n) is 19.7. The smallest absolute Gasteiger partial charge is 0.320 e. The summed E-state index contributed by atoms with van der Waals surface area (Å²) in [7, 11) is 5.54. The van der Waals surface area contributed by atoms with Crippen LogP contribution in [0.15, 0.2) is 30.3 Å². The van der Waals surface area contributed by atoms with Gasteiger partial charge in [-0.1, -0.05) is 6.07 Å². The van der Waals surface area contributed by atoms with Gasteiger partial charge in [-0.3, -0.25) is 5.32 Å². The normalized spacial score (nSPS) is 25.2. The molecule has 172 valence electrons. The predicted octanol–water partition coefficient (Wildman–Crippen LogP) is 4.03. The number of nitrogens with zero attached hydrogens (tertiary/aromatic N) is 2. The quantitative estimate of drug-likeness (QED) is 0.737. The molecule has 3 atom stereocenters. The van der Waals surface area contributed by atoms with Gasteiger partial charge >= 0.3 is 6.03 Å². The van der Waals surface area contributed by atoms with E-state index < -0.39 is 0 Å². The van der Waals surface area contributed by atoms with Crippen LogP contribution in [0, 0.1) is 13.8 Å². The Balaban J connectivity index is 1.48. The molecule has 2 aliphatic rings. The fourth-order valence-corrected chi connectivity index (χ4v) is 5.64. The molecule has 1 aliphatic carbocycles. The summed E-state index contributed by atoms with van der Waals surface area (Å²) < 4.78 is 11.0. The highest BCUT2D eigenvalue weighted by atomic mass is 16.5. The van der Waals surface area contributed by atoms with Gasteiger partial charge in [-0.05, 0) is 88.5 Å². The van der Waals surface area contributed by atoms with Crippen molar-refractivity contribution in [3.8, 4) is 11.5 Å². The minimum Gasteiger partial charge on any atom is -0.493 e. The second-order valence-corrected chi connectivity index (χ2v) is 9.21. The van der Waals surface area contributed by atoms with E-state index in [2.05, 4.69) is 39.7 Å². The van der Waals surface area contributed by atoms with Crippen molar-refractivity contribution in [2.24, 2.45) is 0 Å². The van der Waals surface area contributed by atoms with Crippen molar-refractivity contribution in [2.45, 2.75) is 57.0 Å². The van der Waals surface area contributed by atoms with Crippen LogP contribution >= 0.6 is 0 Å². The number of likely N-dealkylation sites (N-methyl/N-ethyl adjacent to an activating group) is 1. The number of amides is 2. The lowest BCUT2D eigenvalue weighted by Crippen LogP contribution is -2.52. The van der Waals surface area contributed by atoms with Crippen molar-refractivity contribution in [1.29, 1.82) is 0 Å². The topological polar surface area (TPSA) is 75.7 Å². The third-order valence-corrected chi connectivity index (χ3v) is 7.16. The van der Waals surface area contributed by atoms with E-state index in [-0.39, 0.29) is 17.5 Å². The summed E-state index contributed by atoms with van der Waals surface area (Å²) in [6, 6.07) is 10.5. The van der Waals surface area contributed by atoms with E-state index in [0.29, 0.717) is 11.9 Å². The highest BCUT2D eigenvalue weighted by molar-refractivity contribution is 5.88. The van der Waals surface area contributed by atoms with E-state index in [0.717, 1.165) is 55.0 Å². The zero-order valence-corrected chi connectivity index (χ0v) is 19.7. The number of carbonyl (C=O) groups is 1. The summed E-state index contributed by atoms with van der Waals surface area (Å²) in [5.41, 5.74) is 3.34. The number of aryl methyl sites for hydroxylation is 2. The number of methoxy groups -OCH3 is 2. The van der Waals surface area contributed by atoms with Crippen LogP contribution < -0.4 is 20.1 Å². The van der Waals surface area contributed by atoms with Crippen LogP contribution in [0.25, 0.3) is 0 Å². The summed E-state index contributed by atoms with van der Waals surface area (Å²) in [6.45, 7) is 4.98. The maximum Gasteiger partial charge on any atom is 0.320 e. The monoisotopic (exact) mass is 438 g/mol. The lowest BCUT2D eigenvalue weighted by atomic mass is 9.65. The van der Waals surface area contributed by atoms with Gasteiger partial charge in [0.2, 0.25) is 0 Å². The standard InChI is InChI=1S/C25H34N4O3/c1-16-12-17(2)26-23(13-16)28-24(30)27-19-8-9-25(10-11-29(3)22(25)15-19)18-6-7-20(31-4)21(14-18)32-5/h6-7,12-14,19,22H,8-11,15H2,1-5H3,(H2,26,27,28,30)/t19-,22+,25-/m0/s1. The van der Waals surface area contributed by atoms with Crippen LogP contribution in [0.3, 0.4) is 0 Å². The number of anilines is 1. The van der Waals surface area contributed by atoms with Crippen molar-refractivity contribution < 1.29 is 14.3 Å². The van der Waals surface area contributed by atoms with Gasteiger partial charge in [0.1, 0.15) is 5.82 Å². The number of nitrogens with one attached hydrogen (secondary N) is 2. The van der Waals surface area contributed by atoms with Crippen LogP contribution in [-0.4, -0.2) is 55.8 Å². The third kappa shape index (κ3) is 4.26. The molecule has 0 bridgehead atoms. The first-order valence-corrected chi connectivity index (χ1v) is 11.3. The molecule has 1 aromatic carbocycles. The number of urea groups is 1. The number of likely N-dealkylation sites (tertiary alicyclic amines) is 1. The average molecular weight is 439 g/mol. The second-order valence-electron chi connectivity index (χ2n) is 9.21. The Hall–Kier alpha value is -2.80. The molecule has 4 rings (SSSR count). The van der Waals surface area contributed by atoms with E-state index in [1.54, 1.807) is 14.2 Å². The van der Waals surface area contributed by atoms with E-state index in [1.807, 2.05) is 32.0 Å². The molecule has 0 unspecified atom stereocenters. The number of carbonyl (C=O) groups excluding carboxylic acids is 1. The molecule has 1 saturated heterocycles. The average Bonchev–Trinajstić information content (AvgIpc) is 3.09. The Kier molecular flexibility index (Phi) is 6.29. The van der Waals surface area contributed by atoms with Crippen molar-refractivity contribution in [3.05, 3.63) is 47.2 Å². The maximum absolute atomic E-state index is 12.7. The van der Waals surface area contributed by atoms with Crippen molar-refractivity contribution in [2.75, 3.05) is 33.1 Å². The predicted molar refractivity (Wildman–Crippen MR) is 126 cm³/mol. The van der Waals surface area contributed by atoms with Gasteiger partial charge in [0, 0.05) is 23.2 Å². The molecule has 7 heteroatoms. The highest BCUT2D eigenvalue weighted by Gasteiger charge is 2.50. The van der Waals surface area contributed by atoms with E-state index >= 15 is 0 Å². The first-order chi connectivity index (χ1) is 15.3. The molecule has 2 heterocycles. The van der Waals surface area contributed by atoms with Gasteiger partial charge < -0.3 is 19.7 Å². The number of pyridine rings is 1. The molecule has 1 saturated carbocycles. The molecule has 2 fully saturated rings. The lowest BCUT2D eigenvalue weighted by Gasteiger charge is -2.45. The number of benzene rings is 1. The van der Waals surface area contributed by atoms with Crippen LogP contribution in [-0.2, 0) is 5.41 Å². The van der Waals surface area contributed by atoms with Gasteiger partial charge in [-0.15, -0.1) is 0 Å². The van der Waals surface area contributed by atoms with E-state index in [9.17, 15) is 4.79 Å². The maximum atomic E-state index is 12.7. The fourth-order valence-electron chi connectivity index (χ4n) is 5.64.